The van der Waals surface area contributed by atoms with Crippen molar-refractivity contribution in [3.05, 3.63) is 209 Å². The average molecular weight is 1250 g/mol. The van der Waals surface area contributed by atoms with E-state index in [0.29, 0.717) is 48.8 Å². The fourth-order valence-electron chi connectivity index (χ4n) is 6.43. The van der Waals surface area contributed by atoms with Crippen molar-refractivity contribution >= 4 is 78.7 Å². The molecule has 0 aromatic heterocycles. The number of hydrogen-bond acceptors (Lipinski definition) is 15. The number of halogens is 2. The second kappa shape index (κ2) is 34.9. The van der Waals surface area contributed by atoms with Crippen molar-refractivity contribution in [2.24, 2.45) is 0 Å². The molecule has 7 aromatic carbocycles. The van der Waals surface area contributed by atoms with Gasteiger partial charge >= 0.3 is 23.9 Å². The van der Waals surface area contributed by atoms with Crippen LogP contribution in [0.1, 0.15) is 85.2 Å². The molecule has 0 fully saturated rings. The van der Waals surface area contributed by atoms with Gasteiger partial charge in [0, 0.05) is 25.9 Å². The van der Waals surface area contributed by atoms with E-state index in [-0.39, 0.29) is 45.4 Å². The first-order chi connectivity index (χ1) is 39.0. The summed E-state index contributed by atoms with van der Waals surface area (Å²) in [5.74, 6) is -0.355. The summed E-state index contributed by atoms with van der Waals surface area (Å²) in [6.45, 7) is 15.2. The van der Waals surface area contributed by atoms with Crippen molar-refractivity contribution in [2.45, 2.75) is 27.7 Å². The largest absolute Gasteiger partial charge is 0.498 e. The maximum absolute atomic E-state index is 12.4. The third-order valence-corrected chi connectivity index (χ3v) is 12.7. The van der Waals surface area contributed by atoms with Crippen LogP contribution in [0.15, 0.2) is 136 Å². The van der Waals surface area contributed by atoms with Gasteiger partial charge in [-0.15, -0.1) is 0 Å². The van der Waals surface area contributed by atoms with Gasteiger partial charge in [-0.25, -0.2) is 24.0 Å². The molecule has 82 heavy (non-hydrogen) atoms. The molecule has 0 saturated carbocycles. The SMILES string of the molecule is COC(=O)c1ccc(OC)cc1Br.COC(=O)c1ccc(OC)cc1C#N.COc1ccc(C(=O)O)c(Br)c1.COc1ccc(C(=O)O)c(C#N)c1.Cc1cccc(N)c1C.[C-]#[N+]c1cc(OC)ccc1C(=O)Nc1cccc(C)c1C. The summed E-state index contributed by atoms with van der Waals surface area (Å²) in [5, 5.41) is 37.6. The minimum absolute atomic E-state index is 0.0108. The first kappa shape index (κ1) is 68.2. The van der Waals surface area contributed by atoms with E-state index in [9.17, 15) is 24.0 Å². The Morgan fingerprint density at radius 3 is 1.29 bits per heavy atom. The highest BCUT2D eigenvalue weighted by molar-refractivity contribution is 9.10. The fourth-order valence-corrected chi connectivity index (χ4v) is 7.47. The molecule has 0 bridgehead atoms. The number of hydrogen-bond donors (Lipinski definition) is 4. The lowest BCUT2D eigenvalue weighted by Crippen LogP contribution is -2.13. The number of methoxy groups -OCH3 is 7. The molecular formula is C61H59Br2N5O14. The number of carboxylic acid groups (broad SMARTS) is 2. The number of benzene rings is 7. The van der Waals surface area contributed by atoms with Gasteiger partial charge in [-0.3, -0.25) is 4.79 Å². The molecule has 5 N–H and O–H groups in total. The number of ether oxygens (including phenoxy) is 7. The number of nitrogen functional groups attached to an aromatic ring is 1. The monoisotopic (exact) mass is 1240 g/mol. The predicted octanol–water partition coefficient (Wildman–Crippen LogP) is 13.0. The molecule has 0 aliphatic heterocycles. The number of carbonyl (C=O) groups excluding carboxylic acids is 3. The third-order valence-electron chi connectivity index (χ3n) is 11.4. The predicted molar refractivity (Wildman–Crippen MR) is 317 cm³/mol. The number of nitrogens with zero attached hydrogens (tertiary/aromatic N) is 3. The molecule has 0 unspecified atom stereocenters. The van der Waals surface area contributed by atoms with Crippen molar-refractivity contribution in [1.82, 2.24) is 0 Å². The molecule has 1 amide bonds. The van der Waals surface area contributed by atoms with Gasteiger partial charge < -0.3 is 54.4 Å². The highest BCUT2D eigenvalue weighted by Crippen LogP contribution is 2.28. The van der Waals surface area contributed by atoms with Crippen molar-refractivity contribution in [3.63, 3.8) is 0 Å². The van der Waals surface area contributed by atoms with Crippen LogP contribution in [0.5, 0.6) is 28.7 Å². The van der Waals surface area contributed by atoms with E-state index in [0.717, 1.165) is 22.5 Å². The van der Waals surface area contributed by atoms with Crippen LogP contribution in [0.4, 0.5) is 17.1 Å². The van der Waals surface area contributed by atoms with Crippen LogP contribution in [0.2, 0.25) is 0 Å². The van der Waals surface area contributed by atoms with Gasteiger partial charge in [0.25, 0.3) is 0 Å². The zero-order valence-electron chi connectivity index (χ0n) is 46.6. The number of nitriles is 2. The second-order valence-corrected chi connectivity index (χ2v) is 18.0. The van der Waals surface area contributed by atoms with Gasteiger partial charge in [0.2, 0.25) is 11.6 Å². The Labute approximate surface area is 492 Å². The smallest absolute Gasteiger partial charge is 0.339 e. The Bertz CT molecular complexity index is 3490. The maximum Gasteiger partial charge on any atom is 0.339 e. The topological polar surface area (TPSA) is 280 Å². The number of carboxylic acids is 2. The summed E-state index contributed by atoms with van der Waals surface area (Å²) in [6, 6.07) is 38.8. The first-order valence-corrected chi connectivity index (χ1v) is 25.3. The molecule has 0 saturated heterocycles. The standard InChI is InChI=1S/C17H16N2O2.C10H9NO3.C9H9BrO3.C9H7NO3.C8H7BrO3.C8H11N/c1-11-6-5-7-15(12(11)2)19-17(20)14-9-8-13(21-4)10-16(14)18-3;1-13-8-3-4-9(10(12)14-2)7(5-8)6-11;1-12-6-3-4-7(8(10)5-6)9(11)13-2;1-13-7-2-3-8(9(11)12)6(4-7)5-10;1-12-5-2-3-6(8(10)11)7(9)4-5;1-6-4-3-5-8(9)7(6)2/h5-10H,1-2,4H3,(H,19,20);3-5H,1-2H3;3-5H,1-2H3;2-4H,1H3,(H,11,12);2-4H,1H3,(H,10,11);3-5H,9H2,1-2H3. The summed E-state index contributed by atoms with van der Waals surface area (Å²) in [7, 11) is 10.2. The first-order valence-electron chi connectivity index (χ1n) is 23.7. The van der Waals surface area contributed by atoms with Crippen molar-refractivity contribution in [2.75, 3.05) is 60.8 Å². The summed E-state index contributed by atoms with van der Waals surface area (Å²) in [6.07, 6.45) is 0. The van der Waals surface area contributed by atoms with Crippen molar-refractivity contribution < 1.29 is 67.3 Å². The highest BCUT2D eigenvalue weighted by Gasteiger charge is 2.16. The van der Waals surface area contributed by atoms with Gasteiger partial charge in [0.15, 0.2) is 0 Å². The number of aromatic carboxylic acids is 2. The maximum atomic E-state index is 12.4. The Balaban J connectivity index is 0.000000343. The van der Waals surface area contributed by atoms with E-state index in [2.05, 4.69) is 64.5 Å². The molecule has 0 aliphatic rings. The number of nitrogens with two attached hydrogens (primary N) is 1. The quantitative estimate of drug-likeness (QED) is 0.0532. The fraction of sp³-hybridized carbons (Fsp3) is 0.180. The number of esters is 2. The zero-order chi connectivity index (χ0) is 61.6. The van der Waals surface area contributed by atoms with Crippen LogP contribution in [0, 0.1) is 56.9 Å². The van der Waals surface area contributed by atoms with Gasteiger partial charge in [0.05, 0.1) is 89.7 Å². The van der Waals surface area contributed by atoms with Crippen LogP contribution in [-0.4, -0.2) is 89.8 Å². The summed E-state index contributed by atoms with van der Waals surface area (Å²) in [4.78, 5) is 59.2. The minimum Gasteiger partial charge on any atom is -0.498 e. The summed E-state index contributed by atoms with van der Waals surface area (Å²) >= 11 is 6.38. The average Bonchev–Trinajstić information content (AvgIpc) is 3.54. The summed E-state index contributed by atoms with van der Waals surface area (Å²) < 4.78 is 35.0. The molecule has 0 heterocycles. The van der Waals surface area contributed by atoms with Crippen LogP contribution in [0.3, 0.4) is 0 Å². The lowest BCUT2D eigenvalue weighted by Gasteiger charge is -2.11. The Hall–Kier alpha value is -9.88. The van der Waals surface area contributed by atoms with E-state index in [4.69, 9.17) is 56.7 Å². The molecule has 426 valence electrons. The highest BCUT2D eigenvalue weighted by atomic mass is 79.9. The molecule has 7 aromatic rings. The number of carbonyl (C=O) groups is 5. The Morgan fingerprint density at radius 2 is 0.890 bits per heavy atom. The number of aryl methyl sites for hydroxylation is 2. The van der Waals surface area contributed by atoms with Crippen LogP contribution in [0.25, 0.3) is 4.85 Å². The molecule has 0 atom stereocenters. The number of anilines is 2. The van der Waals surface area contributed by atoms with E-state index in [1.54, 1.807) is 67.8 Å². The van der Waals surface area contributed by atoms with Crippen LogP contribution < -0.4 is 34.7 Å². The number of nitrogens with one attached hydrogen (secondary N) is 1. The Kier molecular flexibility index (Phi) is 29.0. The normalized spacial score (nSPS) is 9.39. The second-order valence-electron chi connectivity index (χ2n) is 16.3. The van der Waals surface area contributed by atoms with Crippen LogP contribution >= 0.6 is 31.9 Å². The lowest BCUT2D eigenvalue weighted by molar-refractivity contribution is 0.0591. The van der Waals surface area contributed by atoms with E-state index < -0.39 is 17.9 Å². The van der Waals surface area contributed by atoms with E-state index in [1.165, 1.54) is 90.2 Å². The molecular weight excluding hydrogens is 1190 g/mol. The van der Waals surface area contributed by atoms with Crippen molar-refractivity contribution in [1.29, 1.82) is 10.5 Å². The van der Waals surface area contributed by atoms with Gasteiger partial charge in [-0.05, 0) is 179 Å². The Morgan fingerprint density at radius 1 is 0.512 bits per heavy atom. The number of rotatable bonds is 11. The zero-order valence-corrected chi connectivity index (χ0v) is 49.8. The van der Waals surface area contributed by atoms with Crippen LogP contribution in [-0.2, 0) is 9.47 Å². The molecule has 0 aliphatic carbocycles. The molecule has 7 rings (SSSR count). The lowest BCUT2D eigenvalue weighted by atomic mass is 10.1. The van der Waals surface area contributed by atoms with E-state index >= 15 is 0 Å². The number of amides is 1. The molecule has 0 radical (unpaired) electrons. The molecule has 19 nitrogen and oxygen atoms in total. The van der Waals surface area contributed by atoms with Gasteiger partial charge in [-0.2, -0.15) is 10.5 Å². The molecule has 0 spiro atoms. The third kappa shape index (κ3) is 20.7. The minimum atomic E-state index is -1.11. The van der Waals surface area contributed by atoms with Gasteiger partial charge in [-0.1, -0.05) is 30.3 Å². The molecule has 21 heteroatoms. The van der Waals surface area contributed by atoms with Gasteiger partial charge in [0.1, 0.15) is 40.9 Å². The summed E-state index contributed by atoms with van der Waals surface area (Å²) in [5.41, 5.74) is 13.8. The van der Waals surface area contributed by atoms with E-state index in [1.807, 2.05) is 57.2 Å². The van der Waals surface area contributed by atoms with Crippen molar-refractivity contribution in [3.8, 4) is 40.9 Å².